The normalized spacial score (nSPS) is 18.7. The number of anilines is 2. The molecule has 0 aliphatic heterocycles. The number of hydrogen-bond acceptors (Lipinski definition) is 6. The molecule has 2 aromatic heterocycles. The molecule has 1 saturated carbocycles. The van der Waals surface area contributed by atoms with Gasteiger partial charge >= 0.3 is 6.18 Å². The number of aryl methyl sites for hydroxylation is 2. The van der Waals surface area contributed by atoms with E-state index >= 15 is 0 Å². The summed E-state index contributed by atoms with van der Waals surface area (Å²) in [5, 5.41) is 6.47. The molecule has 0 atom stereocenters. The average Bonchev–Trinajstić information content (AvgIpc) is 3.14. The summed E-state index contributed by atoms with van der Waals surface area (Å²) < 4.78 is 67.6. The van der Waals surface area contributed by atoms with Crippen LogP contribution in [0.3, 0.4) is 0 Å². The molecule has 1 aromatic carbocycles. The first-order valence-electron chi connectivity index (χ1n) is 10.5. The van der Waals surface area contributed by atoms with Crippen molar-refractivity contribution in [3.8, 4) is 11.3 Å². The molecule has 0 amide bonds. The standard InChI is InChI=1S/C22H24F3N5O2S/c1-4-14-8-17(9-14)33(31,32)16-5-6-19(13(2)7-16)28-21-26-11-18(22(23,24)25)20(29-21)15-10-27-30(3)12-15/h5-7,10-12,14,17H,4,8-9H2,1-3H3,(H,26,28,29)/t14-,17-. The van der Waals surface area contributed by atoms with Gasteiger partial charge in [-0.25, -0.2) is 18.4 Å². The quantitative estimate of drug-likeness (QED) is 0.540. The Morgan fingerprint density at radius 2 is 1.94 bits per heavy atom. The molecule has 33 heavy (non-hydrogen) atoms. The van der Waals surface area contributed by atoms with Crippen LogP contribution in [0.15, 0.2) is 41.7 Å². The summed E-state index contributed by atoms with van der Waals surface area (Å²) >= 11 is 0. The molecule has 0 unspecified atom stereocenters. The SMILES string of the molecule is CC[C@H]1C[C@H](S(=O)(=O)c2ccc(Nc3ncc(C(F)(F)F)c(-c4cnn(C)c4)n3)c(C)c2)C1. The molecule has 3 aromatic rings. The lowest BCUT2D eigenvalue weighted by atomic mass is 9.83. The van der Waals surface area contributed by atoms with E-state index < -0.39 is 21.6 Å². The zero-order valence-electron chi connectivity index (χ0n) is 18.4. The second kappa shape index (κ2) is 8.44. The number of halogens is 3. The lowest BCUT2D eigenvalue weighted by Gasteiger charge is -2.34. The van der Waals surface area contributed by atoms with Gasteiger partial charge in [0.15, 0.2) is 9.84 Å². The Labute approximate surface area is 190 Å². The van der Waals surface area contributed by atoms with Crippen molar-refractivity contribution >= 4 is 21.5 Å². The van der Waals surface area contributed by atoms with Gasteiger partial charge in [0.05, 0.1) is 22.0 Å². The summed E-state index contributed by atoms with van der Waals surface area (Å²) in [5.41, 5.74) is 0.0737. The Morgan fingerprint density at radius 3 is 2.52 bits per heavy atom. The molecule has 1 N–H and O–H groups in total. The van der Waals surface area contributed by atoms with E-state index in [9.17, 15) is 21.6 Å². The van der Waals surface area contributed by atoms with E-state index in [1.54, 1.807) is 26.1 Å². The van der Waals surface area contributed by atoms with E-state index in [0.29, 0.717) is 30.0 Å². The van der Waals surface area contributed by atoms with Crippen molar-refractivity contribution in [2.24, 2.45) is 13.0 Å². The maximum Gasteiger partial charge on any atom is 0.419 e. The van der Waals surface area contributed by atoms with Crippen LogP contribution >= 0.6 is 0 Å². The van der Waals surface area contributed by atoms with Crippen molar-refractivity contribution in [1.82, 2.24) is 19.7 Å². The maximum absolute atomic E-state index is 13.5. The Morgan fingerprint density at radius 1 is 1.21 bits per heavy atom. The minimum absolute atomic E-state index is 0.0367. The molecule has 0 radical (unpaired) electrons. The topological polar surface area (TPSA) is 89.8 Å². The Kier molecular flexibility index (Phi) is 5.94. The van der Waals surface area contributed by atoms with Crippen LogP contribution in [0, 0.1) is 12.8 Å². The highest BCUT2D eigenvalue weighted by molar-refractivity contribution is 7.92. The van der Waals surface area contributed by atoms with Gasteiger partial charge in [0.2, 0.25) is 5.95 Å². The van der Waals surface area contributed by atoms with E-state index in [1.807, 2.05) is 0 Å². The van der Waals surface area contributed by atoms with Gasteiger partial charge in [0.25, 0.3) is 0 Å². The third-order valence-corrected chi connectivity index (χ3v) is 8.23. The fourth-order valence-corrected chi connectivity index (χ4v) is 5.98. The van der Waals surface area contributed by atoms with Gasteiger partial charge in [-0.2, -0.15) is 18.3 Å². The summed E-state index contributed by atoms with van der Waals surface area (Å²) in [6, 6.07) is 4.67. The zero-order chi connectivity index (χ0) is 24.0. The minimum atomic E-state index is -4.63. The molecule has 7 nitrogen and oxygen atoms in total. The van der Waals surface area contributed by atoms with Crippen molar-refractivity contribution in [1.29, 1.82) is 0 Å². The first-order chi connectivity index (χ1) is 15.5. The molecule has 1 aliphatic rings. The summed E-state index contributed by atoms with van der Waals surface area (Å²) in [7, 11) is -1.81. The first kappa shape index (κ1) is 23.2. The number of nitrogens with zero attached hydrogens (tertiary/aromatic N) is 4. The van der Waals surface area contributed by atoms with E-state index in [1.165, 1.54) is 23.1 Å². The van der Waals surface area contributed by atoms with Crippen LogP contribution in [-0.2, 0) is 23.1 Å². The summed E-state index contributed by atoms with van der Waals surface area (Å²) in [6.45, 7) is 3.78. The molecule has 4 rings (SSSR count). The van der Waals surface area contributed by atoms with Crippen LogP contribution in [0.2, 0.25) is 0 Å². The fraction of sp³-hybridized carbons (Fsp3) is 0.409. The van der Waals surface area contributed by atoms with E-state index in [-0.39, 0.29) is 27.4 Å². The summed E-state index contributed by atoms with van der Waals surface area (Å²) in [5.74, 6) is 0.419. The van der Waals surface area contributed by atoms with Gasteiger partial charge in [0.1, 0.15) is 5.56 Å². The van der Waals surface area contributed by atoms with Crippen LogP contribution in [0.4, 0.5) is 24.8 Å². The van der Waals surface area contributed by atoms with Crippen molar-refractivity contribution in [3.63, 3.8) is 0 Å². The summed E-state index contributed by atoms with van der Waals surface area (Å²) in [4.78, 5) is 8.16. The van der Waals surface area contributed by atoms with Gasteiger partial charge in [-0.05, 0) is 49.4 Å². The number of nitrogens with one attached hydrogen (secondary N) is 1. The van der Waals surface area contributed by atoms with Crippen molar-refractivity contribution in [2.75, 3.05) is 5.32 Å². The predicted molar refractivity (Wildman–Crippen MR) is 118 cm³/mol. The van der Waals surface area contributed by atoms with Crippen LogP contribution in [0.25, 0.3) is 11.3 Å². The molecule has 0 saturated heterocycles. The van der Waals surface area contributed by atoms with Crippen LogP contribution in [0.5, 0.6) is 0 Å². The van der Waals surface area contributed by atoms with E-state index in [4.69, 9.17) is 0 Å². The molecule has 1 fully saturated rings. The first-order valence-corrected chi connectivity index (χ1v) is 12.1. The molecule has 2 heterocycles. The highest BCUT2D eigenvalue weighted by Gasteiger charge is 2.39. The molecule has 0 bridgehead atoms. The van der Waals surface area contributed by atoms with Crippen molar-refractivity contribution < 1.29 is 21.6 Å². The second-order valence-electron chi connectivity index (χ2n) is 8.37. The average molecular weight is 480 g/mol. The Hall–Kier alpha value is -2.95. The van der Waals surface area contributed by atoms with Crippen LogP contribution in [-0.4, -0.2) is 33.4 Å². The fourth-order valence-electron chi connectivity index (χ4n) is 3.94. The molecular weight excluding hydrogens is 455 g/mol. The second-order valence-corrected chi connectivity index (χ2v) is 10.6. The van der Waals surface area contributed by atoms with Crippen LogP contribution < -0.4 is 5.32 Å². The van der Waals surface area contributed by atoms with Crippen LogP contribution in [0.1, 0.15) is 37.3 Å². The highest BCUT2D eigenvalue weighted by Crippen LogP contribution is 2.39. The number of sulfone groups is 1. The Balaban J connectivity index is 1.62. The minimum Gasteiger partial charge on any atom is -0.324 e. The van der Waals surface area contributed by atoms with Crippen molar-refractivity contribution in [3.05, 3.63) is 47.9 Å². The summed E-state index contributed by atoms with van der Waals surface area (Å²) in [6.07, 6.45) is 1.16. The zero-order valence-corrected chi connectivity index (χ0v) is 19.2. The van der Waals surface area contributed by atoms with Crippen molar-refractivity contribution in [2.45, 2.75) is 49.4 Å². The maximum atomic E-state index is 13.5. The number of rotatable bonds is 6. The Bertz CT molecular complexity index is 1280. The van der Waals surface area contributed by atoms with Gasteiger partial charge in [-0.3, -0.25) is 4.68 Å². The lowest BCUT2D eigenvalue weighted by Crippen LogP contribution is -2.35. The number of alkyl halides is 3. The largest absolute Gasteiger partial charge is 0.419 e. The molecule has 0 spiro atoms. The van der Waals surface area contributed by atoms with Gasteiger partial charge in [-0.15, -0.1) is 0 Å². The van der Waals surface area contributed by atoms with Gasteiger partial charge < -0.3 is 5.32 Å². The van der Waals surface area contributed by atoms with Gasteiger partial charge in [0, 0.05) is 30.7 Å². The van der Waals surface area contributed by atoms with E-state index in [0.717, 1.165) is 12.6 Å². The molecule has 11 heteroatoms. The number of benzene rings is 1. The lowest BCUT2D eigenvalue weighted by molar-refractivity contribution is -0.137. The third kappa shape index (κ3) is 4.59. The molecular formula is C22H24F3N5O2S. The smallest absolute Gasteiger partial charge is 0.324 e. The predicted octanol–water partition coefficient (Wildman–Crippen LogP) is 4.91. The number of aromatic nitrogens is 4. The van der Waals surface area contributed by atoms with Gasteiger partial charge in [-0.1, -0.05) is 13.3 Å². The molecule has 1 aliphatic carbocycles. The highest BCUT2D eigenvalue weighted by atomic mass is 32.2. The molecule has 176 valence electrons. The monoisotopic (exact) mass is 479 g/mol. The van der Waals surface area contributed by atoms with E-state index in [2.05, 4.69) is 27.3 Å². The number of hydrogen-bond donors (Lipinski definition) is 1. The third-order valence-electron chi connectivity index (χ3n) is 6.05.